The van der Waals surface area contributed by atoms with Gasteiger partial charge in [0.15, 0.2) is 0 Å². The van der Waals surface area contributed by atoms with Crippen molar-refractivity contribution in [2.75, 3.05) is 68.7 Å². The number of benzene rings is 2. The summed E-state index contributed by atoms with van der Waals surface area (Å²) in [6.45, 7) is 9.12. The Kier molecular flexibility index (Phi) is 8.97. The molecule has 12 nitrogen and oxygen atoms in total. The third kappa shape index (κ3) is 6.00. The van der Waals surface area contributed by atoms with Crippen LogP contribution >= 0.6 is 7.92 Å². The second-order valence-electron chi connectivity index (χ2n) is 13.4. The Morgan fingerprint density at radius 3 is 2.64 bits per heavy atom. The number of nitrogens with one attached hydrogen (secondary N) is 3. The number of piperazine rings is 1. The van der Waals surface area contributed by atoms with Gasteiger partial charge in [-0.15, -0.1) is 0 Å². The molecule has 0 radical (unpaired) electrons. The van der Waals surface area contributed by atoms with Crippen LogP contribution in [-0.2, 0) is 6.42 Å². The highest BCUT2D eigenvalue weighted by Crippen LogP contribution is 2.46. The molecule has 5 heterocycles. The molecule has 1 saturated heterocycles. The molecule has 0 bridgehead atoms. The van der Waals surface area contributed by atoms with Crippen molar-refractivity contribution in [2.24, 2.45) is 10.7 Å². The van der Waals surface area contributed by atoms with Gasteiger partial charge in [0.1, 0.15) is 17.2 Å². The minimum Gasteiger partial charge on any atom is -0.491 e. The van der Waals surface area contributed by atoms with Crippen LogP contribution in [0.2, 0.25) is 0 Å². The van der Waals surface area contributed by atoms with Gasteiger partial charge in [-0.05, 0) is 50.4 Å². The maximum absolute atomic E-state index is 6.37. The van der Waals surface area contributed by atoms with Gasteiger partial charge in [0, 0.05) is 104 Å². The molecule has 8 rings (SSSR count). The molecular formula is C37H44N11OP. The van der Waals surface area contributed by atoms with E-state index in [0.717, 1.165) is 94.3 Å². The summed E-state index contributed by atoms with van der Waals surface area (Å²) in [5, 5.41) is 9.23. The molecule has 2 fully saturated rings. The Bertz CT molecular complexity index is 2090. The number of ether oxygens (including phenoxy) is 1. The molecule has 3 aromatic heterocycles. The second-order valence-corrected chi connectivity index (χ2v) is 15.6. The van der Waals surface area contributed by atoms with E-state index in [0.29, 0.717) is 18.4 Å². The number of hydrogen-bond donors (Lipinski definition) is 4. The molecule has 0 spiro atoms. The molecule has 0 atom stereocenters. The molecule has 1 saturated carbocycles. The molecule has 258 valence electrons. The van der Waals surface area contributed by atoms with Gasteiger partial charge in [-0.2, -0.15) is 9.97 Å². The van der Waals surface area contributed by atoms with E-state index in [4.69, 9.17) is 20.4 Å². The van der Waals surface area contributed by atoms with Gasteiger partial charge in [-0.3, -0.25) is 19.9 Å². The SMILES string of the molecule is CN=CC(=CN)c1cc(Nc2nc(Nc3ccc4nccnc4c3P(C)C)c3cc[nH]c3n2)c2c(c1N1CCN(C3CCCC3)CC1)CCO2. The highest BCUT2D eigenvalue weighted by Gasteiger charge is 2.32. The zero-order valence-electron chi connectivity index (χ0n) is 28.9. The molecule has 1 aliphatic carbocycles. The lowest BCUT2D eigenvalue weighted by atomic mass is 9.96. The maximum Gasteiger partial charge on any atom is 0.231 e. The van der Waals surface area contributed by atoms with Crippen molar-refractivity contribution in [1.82, 2.24) is 29.8 Å². The van der Waals surface area contributed by atoms with Crippen molar-refractivity contribution in [3.63, 3.8) is 0 Å². The molecule has 2 aromatic carbocycles. The summed E-state index contributed by atoms with van der Waals surface area (Å²) in [6.07, 6.45) is 15.0. The first-order valence-electron chi connectivity index (χ1n) is 17.5. The van der Waals surface area contributed by atoms with Crippen LogP contribution in [0.4, 0.5) is 28.8 Å². The number of hydrogen-bond acceptors (Lipinski definition) is 11. The number of aliphatic imine (C=N–C) groups is 1. The molecule has 3 aliphatic rings. The van der Waals surface area contributed by atoms with Crippen LogP contribution in [0.15, 0.2) is 54.0 Å². The average Bonchev–Trinajstić information content (AvgIpc) is 3.94. The van der Waals surface area contributed by atoms with Gasteiger partial charge < -0.3 is 31.0 Å². The third-order valence-electron chi connectivity index (χ3n) is 10.2. The van der Waals surface area contributed by atoms with Crippen LogP contribution in [0.5, 0.6) is 5.75 Å². The zero-order valence-corrected chi connectivity index (χ0v) is 29.8. The van der Waals surface area contributed by atoms with Crippen LogP contribution in [0.25, 0.3) is 27.6 Å². The van der Waals surface area contributed by atoms with Crippen molar-refractivity contribution in [3.8, 4) is 5.75 Å². The van der Waals surface area contributed by atoms with Gasteiger partial charge in [0.25, 0.3) is 0 Å². The predicted octanol–water partition coefficient (Wildman–Crippen LogP) is 5.75. The smallest absolute Gasteiger partial charge is 0.231 e. The predicted molar refractivity (Wildman–Crippen MR) is 207 cm³/mol. The van der Waals surface area contributed by atoms with Crippen molar-refractivity contribution >= 4 is 75.9 Å². The number of aromatic nitrogens is 5. The summed E-state index contributed by atoms with van der Waals surface area (Å²) in [6, 6.07) is 8.92. The number of rotatable bonds is 9. The molecule has 5 aromatic rings. The maximum atomic E-state index is 6.37. The minimum atomic E-state index is -0.505. The van der Waals surface area contributed by atoms with Crippen molar-refractivity contribution in [1.29, 1.82) is 0 Å². The van der Waals surface area contributed by atoms with E-state index in [1.165, 1.54) is 36.9 Å². The summed E-state index contributed by atoms with van der Waals surface area (Å²) >= 11 is 0. The normalized spacial score (nSPS) is 17.4. The Labute approximate surface area is 293 Å². The van der Waals surface area contributed by atoms with Crippen LogP contribution in [0.1, 0.15) is 36.8 Å². The first-order chi connectivity index (χ1) is 24.5. The van der Waals surface area contributed by atoms with Gasteiger partial charge in [-0.1, -0.05) is 20.8 Å². The first-order valence-corrected chi connectivity index (χ1v) is 19.7. The molecule has 0 unspecified atom stereocenters. The first kappa shape index (κ1) is 32.4. The fraction of sp³-hybridized carbons (Fsp3) is 0.378. The van der Waals surface area contributed by atoms with Crippen molar-refractivity contribution in [2.45, 2.75) is 38.1 Å². The monoisotopic (exact) mass is 689 g/mol. The Morgan fingerprint density at radius 2 is 1.86 bits per heavy atom. The summed E-state index contributed by atoms with van der Waals surface area (Å²) in [5.41, 5.74) is 14.8. The number of H-pyrrole nitrogens is 1. The summed E-state index contributed by atoms with van der Waals surface area (Å²) in [5.74, 6) is 1.98. The number of aromatic amines is 1. The standard InChI is InChI=1S/C37H44N11OP/c1-39-22-23(21-38)27-20-30(33-25(11-19-49-33)32(27)48-17-15-47(16-18-48)24-6-4-5-7-24)44-37-45-35-26(10-12-42-35)36(46-37)43-29-9-8-28-31(34(29)50(2)3)41-14-13-40-28/h8-10,12-14,20-22,24H,4-7,11,15-19,38H2,1-3H3,(H3,42,43,44,45,46). The van der Waals surface area contributed by atoms with Crippen molar-refractivity contribution < 1.29 is 4.74 Å². The highest BCUT2D eigenvalue weighted by molar-refractivity contribution is 7.65. The Hall–Kier alpha value is -4.80. The Morgan fingerprint density at radius 1 is 1.04 bits per heavy atom. The molecule has 50 heavy (non-hydrogen) atoms. The van der Waals surface area contributed by atoms with Crippen LogP contribution in [0.3, 0.4) is 0 Å². The highest BCUT2D eigenvalue weighted by atomic mass is 31.1. The third-order valence-corrected chi connectivity index (χ3v) is 11.5. The topological polar surface area (TPSA) is 146 Å². The second kappa shape index (κ2) is 13.8. The van der Waals surface area contributed by atoms with E-state index in [1.54, 1.807) is 25.6 Å². The molecule has 13 heteroatoms. The number of anilines is 5. The van der Waals surface area contributed by atoms with E-state index < -0.39 is 7.92 Å². The lowest BCUT2D eigenvalue weighted by molar-refractivity contribution is 0.187. The lowest BCUT2D eigenvalue weighted by Crippen LogP contribution is -2.50. The summed E-state index contributed by atoms with van der Waals surface area (Å²) < 4.78 is 6.37. The fourth-order valence-electron chi connectivity index (χ4n) is 7.87. The van der Waals surface area contributed by atoms with Gasteiger partial charge in [-0.25, -0.2) is 0 Å². The van der Waals surface area contributed by atoms with Gasteiger partial charge >= 0.3 is 0 Å². The van der Waals surface area contributed by atoms with E-state index in [2.05, 4.69) is 65.8 Å². The van der Waals surface area contributed by atoms with Crippen molar-refractivity contribution in [3.05, 3.63) is 60.2 Å². The molecule has 2 aliphatic heterocycles. The van der Waals surface area contributed by atoms with E-state index in [-0.39, 0.29) is 0 Å². The quantitative estimate of drug-likeness (QED) is 0.111. The number of nitrogens with two attached hydrogens (primary N) is 1. The largest absolute Gasteiger partial charge is 0.491 e. The number of nitrogens with zero attached hydrogens (tertiary/aromatic N) is 7. The van der Waals surface area contributed by atoms with Gasteiger partial charge in [0.05, 0.1) is 34.4 Å². The molecular weight excluding hydrogens is 645 g/mol. The average molecular weight is 690 g/mol. The number of allylic oxidation sites excluding steroid dienone is 1. The van der Waals surface area contributed by atoms with E-state index in [1.807, 2.05) is 24.5 Å². The summed E-state index contributed by atoms with van der Waals surface area (Å²) in [4.78, 5) is 32.0. The minimum absolute atomic E-state index is 0.448. The van der Waals surface area contributed by atoms with E-state index in [9.17, 15) is 0 Å². The lowest BCUT2D eigenvalue weighted by Gasteiger charge is -2.40. The van der Waals surface area contributed by atoms with Gasteiger partial charge in [0.2, 0.25) is 5.95 Å². The van der Waals surface area contributed by atoms with Crippen LogP contribution < -0.4 is 31.3 Å². The zero-order chi connectivity index (χ0) is 34.2. The number of fused-ring (bicyclic) bond motifs is 3. The summed E-state index contributed by atoms with van der Waals surface area (Å²) in [7, 11) is 1.27. The fourth-order valence-corrected chi connectivity index (χ4v) is 9.08. The van der Waals surface area contributed by atoms with Crippen LogP contribution in [-0.4, -0.2) is 95.2 Å². The molecule has 0 amide bonds. The molecule has 5 N–H and O–H groups in total. The van der Waals surface area contributed by atoms with E-state index >= 15 is 0 Å². The Balaban J connectivity index is 1.17. The van der Waals surface area contributed by atoms with Crippen LogP contribution in [0, 0.1) is 0 Å².